The maximum atomic E-state index is 14.6. The molecule has 2 fully saturated rings. The fraction of sp³-hybridized carbons (Fsp3) is 0.581. The number of hydrogen-bond donors (Lipinski definition) is 1. The number of amides is 2. The van der Waals surface area contributed by atoms with Gasteiger partial charge in [-0.15, -0.1) is 11.8 Å². The Bertz CT molecular complexity index is 1200. The first-order valence-corrected chi connectivity index (χ1v) is 15.4. The van der Waals surface area contributed by atoms with E-state index in [-0.39, 0.29) is 24.4 Å². The summed E-state index contributed by atoms with van der Waals surface area (Å²) in [4.78, 5) is 48.0. The molecule has 0 aromatic heterocycles. The number of allylic oxidation sites excluding steroid dienone is 1. The summed E-state index contributed by atoms with van der Waals surface area (Å²) < 4.78 is 4.04. The second kappa shape index (κ2) is 11.2. The van der Waals surface area contributed by atoms with Crippen molar-refractivity contribution in [3.63, 3.8) is 0 Å². The fourth-order valence-electron chi connectivity index (χ4n) is 6.96. The van der Waals surface area contributed by atoms with E-state index in [4.69, 9.17) is 4.74 Å². The van der Waals surface area contributed by atoms with Gasteiger partial charge in [0.1, 0.15) is 6.04 Å². The minimum absolute atomic E-state index is 0.200. The molecule has 1 N–H and O–H groups in total. The maximum absolute atomic E-state index is 14.6. The summed E-state index contributed by atoms with van der Waals surface area (Å²) >= 11 is 1.53. The van der Waals surface area contributed by atoms with Gasteiger partial charge in [-0.25, -0.2) is 0 Å². The lowest BCUT2D eigenvalue weighted by Gasteiger charge is -2.39. The maximum Gasteiger partial charge on any atom is 0.311 e. The number of cyclic esters (lactones) is 1. The number of fused-ring (bicyclic) bond motifs is 2. The zero-order chi connectivity index (χ0) is 28.7. The van der Waals surface area contributed by atoms with Crippen LogP contribution in [0.1, 0.15) is 47.0 Å². The lowest BCUT2D eigenvalue weighted by atomic mass is 9.74. The van der Waals surface area contributed by atoms with Crippen LogP contribution < -0.4 is 9.80 Å². The van der Waals surface area contributed by atoms with Crippen LogP contribution in [0.15, 0.2) is 48.6 Å². The van der Waals surface area contributed by atoms with E-state index in [1.165, 1.54) is 11.8 Å². The lowest BCUT2D eigenvalue weighted by molar-refractivity contribution is -0.154. The Hall–Kier alpha value is -2.78. The second-order valence-electron chi connectivity index (χ2n) is 11.4. The third kappa shape index (κ3) is 4.55. The molecule has 0 radical (unpaired) electrons. The fourth-order valence-corrected chi connectivity index (χ4v) is 9.10. The van der Waals surface area contributed by atoms with Crippen molar-refractivity contribution in [2.75, 3.05) is 42.6 Å². The van der Waals surface area contributed by atoms with Crippen LogP contribution in [-0.2, 0) is 19.1 Å². The average molecular weight is 568 g/mol. The van der Waals surface area contributed by atoms with Crippen LogP contribution in [0.4, 0.5) is 11.4 Å². The number of nitrogens with zero attached hydrogens (tertiary/aromatic N) is 3. The Balaban J connectivity index is 1.59. The van der Waals surface area contributed by atoms with Crippen LogP contribution in [0.25, 0.3) is 0 Å². The summed E-state index contributed by atoms with van der Waals surface area (Å²) in [5.74, 6) is -2.37. The number of benzene rings is 1. The number of hydrogen-bond acceptors (Lipinski definition) is 7. The van der Waals surface area contributed by atoms with Gasteiger partial charge in [0.2, 0.25) is 5.91 Å². The van der Waals surface area contributed by atoms with Gasteiger partial charge in [-0.2, -0.15) is 0 Å². The highest BCUT2D eigenvalue weighted by Gasteiger charge is 2.74. The molecule has 5 rings (SSSR count). The average Bonchev–Trinajstić information content (AvgIpc) is 3.29. The van der Waals surface area contributed by atoms with Crippen LogP contribution in [0.2, 0.25) is 0 Å². The van der Waals surface area contributed by atoms with Crippen LogP contribution in [0.3, 0.4) is 0 Å². The molecule has 1 aromatic rings. The van der Waals surface area contributed by atoms with Crippen molar-refractivity contribution in [3.8, 4) is 0 Å². The van der Waals surface area contributed by atoms with Crippen molar-refractivity contribution in [3.05, 3.63) is 48.6 Å². The Labute approximate surface area is 241 Å². The smallest absolute Gasteiger partial charge is 0.311 e. The predicted octanol–water partition coefficient (Wildman–Crippen LogP) is 3.79. The summed E-state index contributed by atoms with van der Waals surface area (Å²) in [6.45, 7) is 10.1. The molecule has 2 amide bonds. The van der Waals surface area contributed by atoms with E-state index in [2.05, 4.69) is 30.9 Å². The van der Waals surface area contributed by atoms with Gasteiger partial charge in [-0.05, 0) is 71.2 Å². The van der Waals surface area contributed by atoms with E-state index in [0.29, 0.717) is 13.2 Å². The van der Waals surface area contributed by atoms with E-state index in [1.807, 2.05) is 43.3 Å². The quantitative estimate of drug-likeness (QED) is 0.413. The molecule has 4 heterocycles. The van der Waals surface area contributed by atoms with E-state index in [1.54, 1.807) is 16.7 Å². The summed E-state index contributed by atoms with van der Waals surface area (Å²) in [6, 6.07) is 6.51. The predicted molar refractivity (Wildman–Crippen MR) is 158 cm³/mol. The van der Waals surface area contributed by atoms with Crippen molar-refractivity contribution in [1.82, 2.24) is 4.90 Å². The lowest BCUT2D eigenvalue weighted by Crippen LogP contribution is -2.56. The van der Waals surface area contributed by atoms with Crippen molar-refractivity contribution in [2.24, 2.45) is 11.8 Å². The first kappa shape index (κ1) is 28.7. The van der Waals surface area contributed by atoms with Crippen molar-refractivity contribution in [1.29, 1.82) is 0 Å². The van der Waals surface area contributed by atoms with E-state index in [9.17, 15) is 19.5 Å². The van der Waals surface area contributed by atoms with Crippen LogP contribution in [0, 0.1) is 11.8 Å². The Kier molecular flexibility index (Phi) is 8.08. The number of likely N-dealkylation sites (tertiary alicyclic amines) is 1. The molecule has 0 bridgehead atoms. The summed E-state index contributed by atoms with van der Waals surface area (Å²) in [5, 5.41) is 10.2. The number of ether oxygens (including phenoxy) is 1. The third-order valence-electron chi connectivity index (χ3n) is 8.97. The van der Waals surface area contributed by atoms with E-state index < -0.39 is 33.4 Å². The molecule has 2 saturated heterocycles. The molecule has 8 nitrogen and oxygen atoms in total. The monoisotopic (exact) mass is 567 g/mol. The van der Waals surface area contributed by atoms with Gasteiger partial charge in [-0.3, -0.25) is 14.4 Å². The second-order valence-corrected chi connectivity index (χ2v) is 13.2. The minimum atomic E-state index is -0.968. The van der Waals surface area contributed by atoms with Gasteiger partial charge in [0, 0.05) is 35.8 Å². The van der Waals surface area contributed by atoms with Crippen molar-refractivity contribution >= 4 is 40.9 Å². The van der Waals surface area contributed by atoms with Crippen LogP contribution >= 0.6 is 11.8 Å². The molecular weight excluding hydrogens is 526 g/mol. The largest absolute Gasteiger partial charge is 0.465 e. The normalized spacial score (nSPS) is 33.5. The minimum Gasteiger partial charge on any atom is -0.465 e. The number of thioether (sulfide) groups is 1. The molecule has 40 heavy (non-hydrogen) atoms. The highest BCUT2D eigenvalue weighted by atomic mass is 32.2. The topological polar surface area (TPSA) is 90.4 Å². The van der Waals surface area contributed by atoms with Crippen molar-refractivity contribution < 1.29 is 24.2 Å². The zero-order valence-electron chi connectivity index (χ0n) is 23.9. The number of carbonyl (C=O) groups excluding carboxylic acids is 3. The number of anilines is 2. The molecule has 1 unspecified atom stereocenters. The Morgan fingerprint density at radius 3 is 2.45 bits per heavy atom. The summed E-state index contributed by atoms with van der Waals surface area (Å²) in [6.07, 6.45) is 10.7. The Morgan fingerprint density at radius 2 is 1.77 bits per heavy atom. The molecular formula is C31H41N3O5S. The molecule has 4 aliphatic heterocycles. The standard InChI is InChI=1S/C31H41N3O5S/c1-5-32(6-2)22-12-14-23(15-13-22)33-18-11-17-31-24(27(36)34(21(3)20-35)26(31)28(33)37)25-29(38)39-19-10-8-7-9-16-30(25,4)40-31/h9,11-17,21,24-26,35H,5-8,10,18-20H2,1-4H3/b16-9-/t21-,24+,25-,26?,30+,31+/m1/s1. The Morgan fingerprint density at radius 1 is 1.05 bits per heavy atom. The first-order chi connectivity index (χ1) is 19.2. The number of rotatable bonds is 6. The van der Waals surface area contributed by atoms with E-state index >= 15 is 0 Å². The van der Waals surface area contributed by atoms with Gasteiger partial charge in [-0.1, -0.05) is 24.3 Å². The zero-order valence-corrected chi connectivity index (χ0v) is 24.7. The first-order valence-electron chi connectivity index (χ1n) is 14.5. The highest BCUT2D eigenvalue weighted by Crippen LogP contribution is 2.65. The number of esters is 1. The van der Waals surface area contributed by atoms with Gasteiger partial charge in [0.15, 0.2) is 0 Å². The van der Waals surface area contributed by atoms with Gasteiger partial charge >= 0.3 is 5.97 Å². The van der Waals surface area contributed by atoms with Crippen LogP contribution in [0.5, 0.6) is 0 Å². The summed E-state index contributed by atoms with van der Waals surface area (Å²) in [5.41, 5.74) is 1.84. The van der Waals surface area contributed by atoms with Gasteiger partial charge in [0.25, 0.3) is 5.91 Å². The molecule has 0 saturated carbocycles. The number of aliphatic hydroxyl groups excluding tert-OH is 1. The number of aliphatic hydroxyl groups is 1. The van der Waals surface area contributed by atoms with E-state index in [0.717, 1.165) is 43.7 Å². The van der Waals surface area contributed by atoms with Gasteiger partial charge in [0.05, 0.1) is 35.8 Å². The molecule has 216 valence electrons. The SMILES string of the molecule is CCN(CC)c1ccc(N2CC=C[C@]34S[C@@]5(C)/C=C\CCCCOC(=O)[C@H]5[C@H]3C(=O)N([C@H](C)CO)C4C2=O)cc1. The molecule has 1 spiro atoms. The van der Waals surface area contributed by atoms with Gasteiger partial charge < -0.3 is 24.5 Å². The van der Waals surface area contributed by atoms with Crippen molar-refractivity contribution in [2.45, 2.75) is 68.5 Å². The molecule has 4 aliphatic rings. The molecule has 0 aliphatic carbocycles. The molecule has 9 heteroatoms. The third-order valence-corrected chi connectivity index (χ3v) is 10.8. The molecule has 6 atom stereocenters. The highest BCUT2D eigenvalue weighted by molar-refractivity contribution is 8.02. The summed E-state index contributed by atoms with van der Waals surface area (Å²) in [7, 11) is 0. The molecule has 1 aromatic carbocycles. The van der Waals surface area contributed by atoms with Crippen LogP contribution in [-0.4, -0.2) is 82.2 Å². The number of carbonyl (C=O) groups is 3.